The standard InChI is InChI=1S/C23H31N5O4S/c1-17-5-7-20(8-6-17)33(30,31)27-26-21(15-19-9-12-24-16-25-19)18-10-13-28(14-11-18)22(29)32-23(2,3)4/h5-9,12,16,18,27H,10-11,13-15H2,1-4H3. The summed E-state index contributed by atoms with van der Waals surface area (Å²) in [6, 6.07) is 8.37. The molecule has 0 spiro atoms. The lowest BCUT2D eigenvalue weighted by molar-refractivity contribution is 0.0201. The summed E-state index contributed by atoms with van der Waals surface area (Å²) in [6.45, 7) is 8.42. The van der Waals surface area contributed by atoms with Crippen molar-refractivity contribution in [1.29, 1.82) is 0 Å². The largest absolute Gasteiger partial charge is 0.444 e. The minimum atomic E-state index is -3.80. The average molecular weight is 474 g/mol. The van der Waals surface area contributed by atoms with Gasteiger partial charge in [0.1, 0.15) is 11.9 Å². The fourth-order valence-corrected chi connectivity index (χ4v) is 4.33. The molecule has 0 atom stereocenters. The molecule has 2 aromatic rings. The number of amides is 1. The number of carbonyl (C=O) groups is 1. The van der Waals surface area contributed by atoms with E-state index in [2.05, 4.69) is 19.9 Å². The predicted octanol–water partition coefficient (Wildman–Crippen LogP) is 3.31. The highest BCUT2D eigenvalue weighted by molar-refractivity contribution is 7.89. The molecular weight excluding hydrogens is 442 g/mol. The zero-order valence-corrected chi connectivity index (χ0v) is 20.3. The van der Waals surface area contributed by atoms with Crippen molar-refractivity contribution < 1.29 is 17.9 Å². The Bertz CT molecular complexity index is 1070. The van der Waals surface area contributed by atoms with Crippen LogP contribution >= 0.6 is 0 Å². The number of hydrogen-bond acceptors (Lipinski definition) is 7. The van der Waals surface area contributed by atoms with Gasteiger partial charge in [0.05, 0.1) is 4.90 Å². The molecule has 3 rings (SSSR count). The Balaban J connectivity index is 1.75. The predicted molar refractivity (Wildman–Crippen MR) is 125 cm³/mol. The van der Waals surface area contributed by atoms with Gasteiger partial charge in [0.2, 0.25) is 0 Å². The number of rotatable bonds is 6. The van der Waals surface area contributed by atoms with Gasteiger partial charge in [0.25, 0.3) is 10.0 Å². The second kappa shape index (κ2) is 10.3. The zero-order valence-electron chi connectivity index (χ0n) is 19.5. The molecule has 0 radical (unpaired) electrons. The Kier molecular flexibility index (Phi) is 7.68. The van der Waals surface area contributed by atoms with Crippen molar-refractivity contribution >= 4 is 21.8 Å². The number of aryl methyl sites for hydroxylation is 1. The van der Waals surface area contributed by atoms with Gasteiger partial charge in [0, 0.05) is 43.0 Å². The number of aromatic nitrogens is 2. The summed E-state index contributed by atoms with van der Waals surface area (Å²) >= 11 is 0. The van der Waals surface area contributed by atoms with Gasteiger partial charge in [-0.1, -0.05) is 17.7 Å². The van der Waals surface area contributed by atoms with E-state index in [1.807, 2.05) is 27.7 Å². The fourth-order valence-electron chi connectivity index (χ4n) is 3.49. The molecule has 2 heterocycles. The first-order chi connectivity index (χ1) is 15.5. The maximum Gasteiger partial charge on any atom is 0.410 e. The lowest BCUT2D eigenvalue weighted by Crippen LogP contribution is -2.43. The first-order valence-corrected chi connectivity index (χ1v) is 12.4. The molecule has 0 unspecified atom stereocenters. The molecule has 9 nitrogen and oxygen atoms in total. The summed E-state index contributed by atoms with van der Waals surface area (Å²) in [5.41, 5.74) is 1.83. The van der Waals surface area contributed by atoms with Crippen LogP contribution in [0.3, 0.4) is 0 Å². The second-order valence-electron chi connectivity index (χ2n) is 9.13. The van der Waals surface area contributed by atoms with Crippen LogP contribution in [0.15, 0.2) is 52.9 Å². The number of likely N-dealkylation sites (tertiary alicyclic amines) is 1. The van der Waals surface area contributed by atoms with Crippen molar-refractivity contribution in [3.05, 3.63) is 54.1 Å². The number of piperidine rings is 1. The zero-order chi connectivity index (χ0) is 24.1. The van der Waals surface area contributed by atoms with Gasteiger partial charge in [-0.05, 0) is 58.7 Å². The van der Waals surface area contributed by atoms with E-state index in [0.717, 1.165) is 11.3 Å². The van der Waals surface area contributed by atoms with E-state index < -0.39 is 15.6 Å². The summed E-state index contributed by atoms with van der Waals surface area (Å²) in [6.07, 6.45) is 4.44. The molecule has 0 aliphatic carbocycles. The highest BCUT2D eigenvalue weighted by Gasteiger charge is 2.29. The van der Waals surface area contributed by atoms with Crippen LogP contribution in [0.25, 0.3) is 0 Å². The molecule has 178 valence electrons. The van der Waals surface area contributed by atoms with Crippen molar-refractivity contribution in [3.8, 4) is 0 Å². The van der Waals surface area contributed by atoms with Gasteiger partial charge >= 0.3 is 6.09 Å². The van der Waals surface area contributed by atoms with Crippen molar-refractivity contribution in [1.82, 2.24) is 19.7 Å². The van der Waals surface area contributed by atoms with Crippen LogP contribution in [0.4, 0.5) is 4.79 Å². The average Bonchev–Trinajstić information content (AvgIpc) is 2.76. The molecule has 33 heavy (non-hydrogen) atoms. The van der Waals surface area contributed by atoms with Crippen LogP contribution in [0.2, 0.25) is 0 Å². The SMILES string of the molecule is Cc1ccc(S(=O)(=O)NN=C(Cc2ccncn2)C2CCN(C(=O)OC(C)(C)C)CC2)cc1. The molecular formula is C23H31N5O4S. The lowest BCUT2D eigenvalue weighted by atomic mass is 9.89. The lowest BCUT2D eigenvalue weighted by Gasteiger charge is -2.33. The summed E-state index contributed by atoms with van der Waals surface area (Å²) in [5.74, 6) is -0.000583. The number of carbonyl (C=O) groups excluding carboxylic acids is 1. The van der Waals surface area contributed by atoms with Crippen LogP contribution in [0, 0.1) is 12.8 Å². The van der Waals surface area contributed by atoms with Gasteiger partial charge in [-0.2, -0.15) is 13.5 Å². The molecule has 0 saturated carbocycles. The highest BCUT2D eigenvalue weighted by Crippen LogP contribution is 2.23. The normalized spacial score (nSPS) is 15.9. The van der Waals surface area contributed by atoms with Crippen molar-refractivity contribution in [3.63, 3.8) is 0 Å². The molecule has 10 heteroatoms. The number of nitrogens with one attached hydrogen (secondary N) is 1. The topological polar surface area (TPSA) is 114 Å². The maximum absolute atomic E-state index is 12.7. The quantitative estimate of drug-likeness (QED) is 0.509. The van der Waals surface area contributed by atoms with E-state index in [4.69, 9.17) is 4.74 Å². The van der Waals surface area contributed by atoms with E-state index in [0.29, 0.717) is 38.1 Å². The number of sulfonamides is 1. The van der Waals surface area contributed by atoms with E-state index in [1.54, 1.807) is 41.4 Å². The Morgan fingerprint density at radius 1 is 1.18 bits per heavy atom. The first kappa shape index (κ1) is 24.6. The van der Waals surface area contributed by atoms with Crippen molar-refractivity contribution in [2.24, 2.45) is 11.0 Å². The molecule has 1 amide bonds. The van der Waals surface area contributed by atoms with E-state index in [-0.39, 0.29) is 16.9 Å². The third-order valence-electron chi connectivity index (χ3n) is 5.26. The molecule has 1 aromatic carbocycles. The molecule has 1 aliphatic heterocycles. The second-order valence-corrected chi connectivity index (χ2v) is 10.8. The Morgan fingerprint density at radius 3 is 2.42 bits per heavy atom. The third-order valence-corrected chi connectivity index (χ3v) is 6.49. The van der Waals surface area contributed by atoms with Crippen molar-refractivity contribution in [2.45, 2.75) is 57.5 Å². The molecule has 1 N–H and O–H groups in total. The molecule has 0 bridgehead atoms. The van der Waals surface area contributed by atoms with E-state index >= 15 is 0 Å². The van der Waals surface area contributed by atoms with E-state index in [1.165, 1.54) is 6.33 Å². The number of nitrogens with zero attached hydrogens (tertiary/aromatic N) is 4. The van der Waals surface area contributed by atoms with Crippen molar-refractivity contribution in [2.75, 3.05) is 13.1 Å². The van der Waals surface area contributed by atoms with Gasteiger partial charge in [-0.15, -0.1) is 0 Å². The minimum Gasteiger partial charge on any atom is -0.444 e. The minimum absolute atomic E-state index is 0.000583. The molecule has 1 aliphatic rings. The monoisotopic (exact) mass is 473 g/mol. The van der Waals surface area contributed by atoms with Gasteiger partial charge in [-0.3, -0.25) is 0 Å². The number of hydrogen-bond donors (Lipinski definition) is 1. The van der Waals surface area contributed by atoms with Crippen LogP contribution in [-0.2, 0) is 21.2 Å². The Morgan fingerprint density at radius 2 is 1.85 bits per heavy atom. The number of hydrazone groups is 1. The summed E-state index contributed by atoms with van der Waals surface area (Å²) < 4.78 is 31.0. The number of ether oxygens (including phenoxy) is 1. The third kappa shape index (κ3) is 7.24. The molecule has 1 aromatic heterocycles. The molecule has 1 fully saturated rings. The van der Waals surface area contributed by atoms with Crippen LogP contribution in [0.1, 0.15) is 44.9 Å². The van der Waals surface area contributed by atoms with Gasteiger partial charge in [0.15, 0.2) is 0 Å². The maximum atomic E-state index is 12.7. The molecule has 1 saturated heterocycles. The van der Waals surface area contributed by atoms with Gasteiger partial charge in [-0.25, -0.2) is 19.6 Å². The summed E-state index contributed by atoms with van der Waals surface area (Å²) in [7, 11) is -3.80. The summed E-state index contributed by atoms with van der Waals surface area (Å²) in [4.78, 5) is 24.8. The van der Waals surface area contributed by atoms with E-state index in [9.17, 15) is 13.2 Å². The smallest absolute Gasteiger partial charge is 0.410 e. The highest BCUT2D eigenvalue weighted by atomic mass is 32.2. The van der Waals surface area contributed by atoms with Crippen LogP contribution < -0.4 is 4.83 Å². The fraction of sp³-hybridized carbons (Fsp3) is 0.478. The Hall–Kier alpha value is -3.01. The Labute approximate surface area is 195 Å². The first-order valence-electron chi connectivity index (χ1n) is 10.9. The summed E-state index contributed by atoms with van der Waals surface area (Å²) in [5, 5.41) is 4.33. The van der Waals surface area contributed by atoms with Crippen LogP contribution in [0.5, 0.6) is 0 Å². The van der Waals surface area contributed by atoms with Gasteiger partial charge < -0.3 is 9.64 Å². The number of benzene rings is 1. The van der Waals surface area contributed by atoms with Crippen LogP contribution in [-0.4, -0.2) is 53.8 Å².